The lowest BCUT2D eigenvalue weighted by molar-refractivity contribution is 0.0714. The molecule has 2 amide bonds. The molecule has 2 N–H and O–H groups in total. The van der Waals surface area contributed by atoms with Gasteiger partial charge >= 0.3 is 0 Å². The molecule has 158 valence electrons. The van der Waals surface area contributed by atoms with Gasteiger partial charge in [0.2, 0.25) is 0 Å². The molecule has 4 rings (SSSR count). The number of rotatable bonds is 5. The number of hydrogen-bond acceptors (Lipinski definition) is 4. The molecule has 1 aliphatic heterocycles. The Bertz CT molecular complexity index is 1110. The van der Waals surface area contributed by atoms with Gasteiger partial charge in [-0.25, -0.2) is 4.98 Å². The zero-order valence-electron chi connectivity index (χ0n) is 17.4. The number of aromatic nitrogens is 2. The van der Waals surface area contributed by atoms with E-state index in [0.717, 1.165) is 24.8 Å². The first-order chi connectivity index (χ1) is 15.0. The van der Waals surface area contributed by atoms with E-state index >= 15 is 0 Å². The molecule has 7 nitrogen and oxygen atoms in total. The van der Waals surface area contributed by atoms with Crippen LogP contribution in [0, 0.1) is 6.92 Å². The molecule has 0 bridgehead atoms. The number of benzene rings is 2. The standard InChI is InChI=1S/C24H24N4O3/c1-16-10-11-18(22(29)17-8-4-2-5-9-17)19(14-16)27-23(30)20-21(26-15-25-20)24(31)28-12-6-3-7-13-28/h2,4-5,8-11,14-15H,3,6-7,12-13H2,1H3,(H,25,26)(H,27,30). The van der Waals surface area contributed by atoms with Gasteiger partial charge in [-0.3, -0.25) is 14.4 Å². The van der Waals surface area contributed by atoms with E-state index in [-0.39, 0.29) is 23.1 Å². The molecule has 1 aromatic heterocycles. The number of anilines is 1. The zero-order chi connectivity index (χ0) is 21.8. The van der Waals surface area contributed by atoms with Crippen LogP contribution < -0.4 is 5.32 Å². The fourth-order valence-corrected chi connectivity index (χ4v) is 3.77. The highest BCUT2D eigenvalue weighted by Crippen LogP contribution is 2.23. The minimum atomic E-state index is -0.533. The van der Waals surface area contributed by atoms with Gasteiger partial charge in [0.05, 0.1) is 12.0 Å². The number of amides is 2. The van der Waals surface area contributed by atoms with Crippen molar-refractivity contribution in [3.63, 3.8) is 0 Å². The Hall–Kier alpha value is -3.74. The van der Waals surface area contributed by atoms with Crippen molar-refractivity contribution in [3.8, 4) is 0 Å². The summed E-state index contributed by atoms with van der Waals surface area (Å²) in [4.78, 5) is 47.5. The van der Waals surface area contributed by atoms with Gasteiger partial charge in [-0.15, -0.1) is 0 Å². The first kappa shape index (κ1) is 20.5. The van der Waals surface area contributed by atoms with E-state index in [1.807, 2.05) is 19.1 Å². The number of ketones is 1. The molecule has 2 aromatic carbocycles. The second kappa shape index (κ2) is 8.95. The van der Waals surface area contributed by atoms with Gasteiger partial charge in [0.25, 0.3) is 11.8 Å². The molecule has 3 aromatic rings. The average Bonchev–Trinajstić information content (AvgIpc) is 3.29. The summed E-state index contributed by atoms with van der Waals surface area (Å²) in [5, 5.41) is 2.79. The molecule has 0 atom stereocenters. The molecule has 0 aliphatic carbocycles. The van der Waals surface area contributed by atoms with Crippen molar-refractivity contribution in [2.45, 2.75) is 26.2 Å². The maximum Gasteiger partial charge on any atom is 0.276 e. The fourth-order valence-electron chi connectivity index (χ4n) is 3.77. The number of carbonyl (C=O) groups is 3. The number of H-pyrrole nitrogens is 1. The molecule has 1 saturated heterocycles. The van der Waals surface area contributed by atoms with Crippen LogP contribution in [0.4, 0.5) is 5.69 Å². The summed E-state index contributed by atoms with van der Waals surface area (Å²) in [6.45, 7) is 3.23. The highest BCUT2D eigenvalue weighted by molar-refractivity contribution is 6.16. The van der Waals surface area contributed by atoms with Crippen LogP contribution in [0.15, 0.2) is 54.9 Å². The van der Waals surface area contributed by atoms with E-state index in [1.54, 1.807) is 41.3 Å². The average molecular weight is 416 g/mol. The monoisotopic (exact) mass is 416 g/mol. The summed E-state index contributed by atoms with van der Waals surface area (Å²) in [6, 6.07) is 14.2. The lowest BCUT2D eigenvalue weighted by atomic mass is 10.00. The van der Waals surface area contributed by atoms with Gasteiger partial charge in [-0.2, -0.15) is 0 Å². The fraction of sp³-hybridized carbons (Fsp3) is 0.250. The molecule has 0 spiro atoms. The summed E-state index contributed by atoms with van der Waals surface area (Å²) in [6.07, 6.45) is 4.36. The normalized spacial score (nSPS) is 13.6. The highest BCUT2D eigenvalue weighted by atomic mass is 16.2. The maximum absolute atomic E-state index is 13.0. The number of nitrogens with one attached hydrogen (secondary N) is 2. The van der Waals surface area contributed by atoms with Crippen molar-refractivity contribution in [1.29, 1.82) is 0 Å². The van der Waals surface area contributed by atoms with E-state index < -0.39 is 5.91 Å². The first-order valence-corrected chi connectivity index (χ1v) is 10.4. The molecular formula is C24H24N4O3. The molecule has 31 heavy (non-hydrogen) atoms. The van der Waals surface area contributed by atoms with E-state index in [9.17, 15) is 14.4 Å². The molecule has 2 heterocycles. The summed E-state index contributed by atoms with van der Waals surface area (Å²) in [5.74, 6) is -0.955. The minimum absolute atomic E-state index is 0.0233. The van der Waals surface area contributed by atoms with Gasteiger partial charge in [-0.05, 0) is 43.9 Å². The van der Waals surface area contributed by atoms with Crippen molar-refractivity contribution in [3.05, 3.63) is 82.9 Å². The Morgan fingerprint density at radius 2 is 1.74 bits per heavy atom. The number of piperidine rings is 1. The third-order valence-electron chi connectivity index (χ3n) is 5.42. The van der Waals surface area contributed by atoms with Gasteiger partial charge in [0.1, 0.15) is 5.69 Å². The van der Waals surface area contributed by atoms with Gasteiger partial charge in [-0.1, -0.05) is 36.4 Å². The molecule has 0 radical (unpaired) electrons. The van der Waals surface area contributed by atoms with Crippen LogP contribution in [-0.2, 0) is 0 Å². The van der Waals surface area contributed by atoms with Crippen LogP contribution in [0.3, 0.4) is 0 Å². The van der Waals surface area contributed by atoms with Crippen LogP contribution in [0.25, 0.3) is 0 Å². The number of aromatic amines is 1. The van der Waals surface area contributed by atoms with E-state index in [2.05, 4.69) is 15.3 Å². The summed E-state index contributed by atoms with van der Waals surface area (Å²) in [7, 11) is 0. The zero-order valence-corrected chi connectivity index (χ0v) is 17.4. The Morgan fingerprint density at radius 1 is 1.00 bits per heavy atom. The van der Waals surface area contributed by atoms with Crippen LogP contribution in [-0.4, -0.2) is 45.6 Å². The predicted octanol–water partition coefficient (Wildman–Crippen LogP) is 3.83. The summed E-state index contributed by atoms with van der Waals surface area (Å²) < 4.78 is 0. The van der Waals surface area contributed by atoms with Crippen molar-refractivity contribution < 1.29 is 14.4 Å². The molecule has 1 fully saturated rings. The van der Waals surface area contributed by atoms with Crippen LogP contribution in [0.5, 0.6) is 0 Å². The lowest BCUT2D eigenvalue weighted by Gasteiger charge is -2.26. The first-order valence-electron chi connectivity index (χ1n) is 10.4. The third kappa shape index (κ3) is 4.40. The van der Waals surface area contributed by atoms with Crippen LogP contribution in [0.1, 0.15) is 61.7 Å². The molecule has 1 aliphatic rings. The van der Waals surface area contributed by atoms with Crippen molar-refractivity contribution >= 4 is 23.3 Å². The predicted molar refractivity (Wildman–Crippen MR) is 117 cm³/mol. The smallest absolute Gasteiger partial charge is 0.276 e. The molecule has 0 unspecified atom stereocenters. The van der Waals surface area contributed by atoms with E-state index in [0.29, 0.717) is 29.9 Å². The second-order valence-electron chi connectivity index (χ2n) is 7.68. The minimum Gasteiger partial charge on any atom is -0.340 e. The van der Waals surface area contributed by atoms with Gasteiger partial charge in [0, 0.05) is 24.2 Å². The molecule has 0 saturated carbocycles. The Morgan fingerprint density at radius 3 is 2.48 bits per heavy atom. The summed E-state index contributed by atoms with van der Waals surface area (Å²) in [5.41, 5.74) is 2.38. The second-order valence-corrected chi connectivity index (χ2v) is 7.68. The van der Waals surface area contributed by atoms with E-state index in [1.165, 1.54) is 6.33 Å². The highest BCUT2D eigenvalue weighted by Gasteiger charge is 2.26. The maximum atomic E-state index is 13.0. The largest absolute Gasteiger partial charge is 0.340 e. The molecule has 7 heteroatoms. The molecular weight excluding hydrogens is 392 g/mol. The lowest BCUT2D eigenvalue weighted by Crippen LogP contribution is -2.36. The van der Waals surface area contributed by atoms with Gasteiger partial charge in [0.15, 0.2) is 11.5 Å². The number of imidazole rings is 1. The topological polar surface area (TPSA) is 95.2 Å². The summed E-state index contributed by atoms with van der Waals surface area (Å²) >= 11 is 0. The van der Waals surface area contributed by atoms with Crippen molar-refractivity contribution in [2.75, 3.05) is 18.4 Å². The van der Waals surface area contributed by atoms with Crippen molar-refractivity contribution in [2.24, 2.45) is 0 Å². The SMILES string of the molecule is Cc1ccc(C(=O)c2ccccc2)c(NC(=O)c2nc[nH]c2C(=O)N2CCCCC2)c1. The van der Waals surface area contributed by atoms with Crippen molar-refractivity contribution in [1.82, 2.24) is 14.9 Å². The quantitative estimate of drug-likeness (QED) is 0.618. The third-order valence-corrected chi connectivity index (χ3v) is 5.42. The van der Waals surface area contributed by atoms with Crippen LogP contribution >= 0.6 is 0 Å². The number of nitrogens with zero attached hydrogens (tertiary/aromatic N) is 2. The van der Waals surface area contributed by atoms with Gasteiger partial charge < -0.3 is 15.2 Å². The van der Waals surface area contributed by atoms with E-state index in [4.69, 9.17) is 0 Å². The Kier molecular flexibility index (Phi) is 5.93. The number of likely N-dealkylation sites (tertiary alicyclic amines) is 1. The Labute approximate surface area is 180 Å². The van der Waals surface area contributed by atoms with Crippen LogP contribution in [0.2, 0.25) is 0 Å². The number of aryl methyl sites for hydroxylation is 1. The number of hydrogen-bond donors (Lipinski definition) is 2. The number of carbonyl (C=O) groups excluding carboxylic acids is 3. The Balaban J connectivity index is 1.60.